The van der Waals surface area contributed by atoms with Gasteiger partial charge in [-0.15, -0.1) is 0 Å². The first-order valence-electron chi connectivity index (χ1n) is 14.5. The van der Waals surface area contributed by atoms with Gasteiger partial charge < -0.3 is 14.2 Å². The molecule has 0 amide bonds. The number of benzene rings is 4. The van der Waals surface area contributed by atoms with Gasteiger partial charge in [0.15, 0.2) is 16.3 Å². The van der Waals surface area contributed by atoms with Crippen molar-refractivity contribution in [2.24, 2.45) is 4.99 Å². The molecule has 232 valence electrons. The number of carbonyl (C=O) groups excluding carboxylic acids is 1. The predicted octanol–water partition coefficient (Wildman–Crippen LogP) is 6.32. The Labute approximate surface area is 273 Å². The van der Waals surface area contributed by atoms with Crippen LogP contribution in [0, 0.1) is 5.82 Å². The van der Waals surface area contributed by atoms with Crippen LogP contribution in [0.1, 0.15) is 35.2 Å². The molecule has 1 atom stereocenters. The SMILES string of the molecule is CCOC(=O)C1=C(c2ccccc2)N=c2s/c(=C\c3ccc(OCc4ccc(F)cc4)c(OC)c3)c(=O)n2[C@@H]1c1ccc(Cl)cc1. The van der Waals surface area contributed by atoms with E-state index in [1.54, 1.807) is 61.5 Å². The van der Waals surface area contributed by atoms with E-state index in [9.17, 15) is 14.0 Å². The van der Waals surface area contributed by atoms with E-state index >= 15 is 0 Å². The molecule has 0 radical (unpaired) electrons. The molecule has 7 nitrogen and oxygen atoms in total. The number of halogens is 2. The number of rotatable bonds is 9. The normalized spacial score (nSPS) is 14.4. The van der Waals surface area contributed by atoms with E-state index in [2.05, 4.69) is 0 Å². The lowest BCUT2D eigenvalue weighted by Crippen LogP contribution is -2.40. The molecule has 2 heterocycles. The van der Waals surface area contributed by atoms with Crippen molar-refractivity contribution in [1.82, 2.24) is 4.57 Å². The molecular formula is C36H28ClFN2O5S. The molecule has 0 saturated carbocycles. The number of hydrogen-bond acceptors (Lipinski definition) is 7. The highest BCUT2D eigenvalue weighted by molar-refractivity contribution is 7.07. The number of nitrogens with zero attached hydrogens (tertiary/aromatic N) is 2. The largest absolute Gasteiger partial charge is 0.493 e. The van der Waals surface area contributed by atoms with Crippen molar-refractivity contribution < 1.29 is 23.4 Å². The Morgan fingerprint density at radius 1 is 1.00 bits per heavy atom. The molecule has 0 bridgehead atoms. The molecule has 6 rings (SSSR count). The van der Waals surface area contributed by atoms with E-state index in [0.717, 1.165) is 11.1 Å². The lowest BCUT2D eigenvalue weighted by Gasteiger charge is -2.25. The van der Waals surface area contributed by atoms with Gasteiger partial charge in [-0.2, -0.15) is 0 Å². The molecule has 10 heteroatoms. The van der Waals surface area contributed by atoms with Gasteiger partial charge in [0, 0.05) is 10.6 Å². The van der Waals surface area contributed by atoms with E-state index in [0.29, 0.717) is 42.7 Å². The van der Waals surface area contributed by atoms with Crippen molar-refractivity contribution in [1.29, 1.82) is 0 Å². The van der Waals surface area contributed by atoms with Crippen LogP contribution < -0.4 is 24.4 Å². The van der Waals surface area contributed by atoms with Crippen LogP contribution in [0.5, 0.6) is 11.5 Å². The minimum Gasteiger partial charge on any atom is -0.493 e. The molecule has 0 aliphatic carbocycles. The second-order valence-corrected chi connectivity index (χ2v) is 11.8. The summed E-state index contributed by atoms with van der Waals surface area (Å²) in [5.41, 5.74) is 3.31. The Bertz CT molecular complexity index is 2110. The van der Waals surface area contributed by atoms with Crippen LogP contribution in [0.25, 0.3) is 11.8 Å². The van der Waals surface area contributed by atoms with Crippen LogP contribution in [-0.4, -0.2) is 24.3 Å². The molecular weight excluding hydrogens is 627 g/mol. The van der Waals surface area contributed by atoms with Gasteiger partial charge in [0.1, 0.15) is 12.4 Å². The van der Waals surface area contributed by atoms with Crippen molar-refractivity contribution in [2.75, 3.05) is 13.7 Å². The van der Waals surface area contributed by atoms with Gasteiger partial charge in [-0.1, -0.05) is 83.6 Å². The zero-order chi connectivity index (χ0) is 32.2. The second-order valence-electron chi connectivity index (χ2n) is 10.3. The third kappa shape index (κ3) is 6.38. The third-order valence-electron chi connectivity index (χ3n) is 7.35. The zero-order valence-electron chi connectivity index (χ0n) is 24.9. The quantitative estimate of drug-likeness (QED) is 0.174. The highest BCUT2D eigenvalue weighted by atomic mass is 35.5. The molecule has 0 spiro atoms. The average Bonchev–Trinajstić information content (AvgIpc) is 3.38. The maximum atomic E-state index is 14.1. The highest BCUT2D eigenvalue weighted by Gasteiger charge is 2.35. The Morgan fingerprint density at radius 3 is 2.43 bits per heavy atom. The zero-order valence-corrected chi connectivity index (χ0v) is 26.5. The molecule has 0 saturated heterocycles. The Balaban J connectivity index is 1.46. The van der Waals surface area contributed by atoms with Crippen molar-refractivity contribution >= 4 is 40.7 Å². The second kappa shape index (κ2) is 13.6. The average molecular weight is 655 g/mol. The molecule has 4 aromatic carbocycles. The van der Waals surface area contributed by atoms with E-state index < -0.39 is 12.0 Å². The van der Waals surface area contributed by atoms with Gasteiger partial charge in [0.2, 0.25) is 0 Å². The lowest BCUT2D eigenvalue weighted by atomic mass is 9.93. The molecule has 0 unspecified atom stereocenters. The molecule has 1 aromatic heterocycles. The molecule has 0 fully saturated rings. The van der Waals surface area contributed by atoms with E-state index in [4.69, 9.17) is 30.8 Å². The van der Waals surface area contributed by atoms with Crippen LogP contribution in [-0.2, 0) is 16.1 Å². The summed E-state index contributed by atoms with van der Waals surface area (Å²) in [4.78, 5) is 33.0. The molecule has 5 aromatic rings. The van der Waals surface area contributed by atoms with Gasteiger partial charge >= 0.3 is 5.97 Å². The maximum Gasteiger partial charge on any atom is 0.338 e. The number of esters is 1. The van der Waals surface area contributed by atoms with Gasteiger partial charge in [0.25, 0.3) is 5.56 Å². The van der Waals surface area contributed by atoms with Gasteiger partial charge in [-0.05, 0) is 66.1 Å². The minimum absolute atomic E-state index is 0.160. The summed E-state index contributed by atoms with van der Waals surface area (Å²) in [6, 6.07) is 27.0. The summed E-state index contributed by atoms with van der Waals surface area (Å²) in [6.07, 6.45) is 1.76. The van der Waals surface area contributed by atoms with Crippen molar-refractivity contribution in [3.8, 4) is 11.5 Å². The fourth-order valence-corrected chi connectivity index (χ4v) is 6.31. The van der Waals surface area contributed by atoms with Crippen LogP contribution >= 0.6 is 22.9 Å². The lowest BCUT2D eigenvalue weighted by molar-refractivity contribution is -0.138. The summed E-state index contributed by atoms with van der Waals surface area (Å²) in [6.45, 7) is 2.12. The first kappa shape index (κ1) is 31.0. The standard InChI is InChI=1S/C36H28ClFN2O5S/c1-3-44-35(42)31-32(24-7-5-4-6-8-24)39-36-40(33(31)25-12-14-26(37)15-13-25)34(41)30(46-36)20-23-11-18-28(29(19-23)43-2)45-21-22-9-16-27(38)17-10-22/h4-20,33H,3,21H2,1-2H3/b30-20-/t33-/m1/s1. The van der Waals surface area contributed by atoms with Crippen LogP contribution in [0.4, 0.5) is 4.39 Å². The molecule has 1 aliphatic rings. The first-order valence-corrected chi connectivity index (χ1v) is 15.6. The Hall–Kier alpha value is -4.99. The fourth-order valence-electron chi connectivity index (χ4n) is 5.19. The van der Waals surface area contributed by atoms with Crippen molar-refractivity contribution in [2.45, 2.75) is 19.6 Å². The minimum atomic E-state index is -0.804. The highest BCUT2D eigenvalue weighted by Crippen LogP contribution is 2.35. The number of ether oxygens (including phenoxy) is 3. The predicted molar refractivity (Wildman–Crippen MR) is 176 cm³/mol. The maximum absolute atomic E-state index is 14.1. The van der Waals surface area contributed by atoms with E-state index in [1.807, 2.05) is 36.4 Å². The molecule has 46 heavy (non-hydrogen) atoms. The molecule has 1 aliphatic heterocycles. The number of fused-ring (bicyclic) bond motifs is 1. The summed E-state index contributed by atoms with van der Waals surface area (Å²) in [7, 11) is 1.53. The topological polar surface area (TPSA) is 79.1 Å². The van der Waals surface area contributed by atoms with E-state index in [1.165, 1.54) is 35.1 Å². The van der Waals surface area contributed by atoms with Crippen molar-refractivity contribution in [3.05, 3.63) is 155 Å². The summed E-state index contributed by atoms with van der Waals surface area (Å²) >= 11 is 7.44. The van der Waals surface area contributed by atoms with E-state index in [-0.39, 0.29) is 30.2 Å². The van der Waals surface area contributed by atoms with Crippen LogP contribution in [0.2, 0.25) is 5.02 Å². The van der Waals surface area contributed by atoms with Crippen molar-refractivity contribution in [3.63, 3.8) is 0 Å². The number of aromatic nitrogens is 1. The molecule has 0 N–H and O–H groups in total. The smallest absolute Gasteiger partial charge is 0.338 e. The van der Waals surface area contributed by atoms with Crippen LogP contribution in [0.15, 0.2) is 112 Å². The monoisotopic (exact) mass is 654 g/mol. The number of thiazole rings is 1. The van der Waals surface area contributed by atoms with Gasteiger partial charge in [0.05, 0.1) is 35.6 Å². The number of methoxy groups -OCH3 is 1. The number of carbonyl (C=O) groups is 1. The summed E-state index contributed by atoms with van der Waals surface area (Å²) in [5.74, 6) is 0.0996. The fraction of sp³-hybridized carbons (Fsp3) is 0.139. The summed E-state index contributed by atoms with van der Waals surface area (Å²) < 4.78 is 32.3. The Morgan fingerprint density at radius 2 is 1.74 bits per heavy atom. The Kier molecular flexibility index (Phi) is 9.14. The number of hydrogen-bond donors (Lipinski definition) is 0. The van der Waals surface area contributed by atoms with Gasteiger partial charge in [-0.3, -0.25) is 9.36 Å². The van der Waals surface area contributed by atoms with Crippen LogP contribution in [0.3, 0.4) is 0 Å². The van der Waals surface area contributed by atoms with Gasteiger partial charge in [-0.25, -0.2) is 14.2 Å². The third-order valence-corrected chi connectivity index (χ3v) is 8.59. The summed E-state index contributed by atoms with van der Waals surface area (Å²) in [5, 5.41) is 0.528. The first-order chi connectivity index (χ1) is 22.4.